The number of carbonyl (C=O) groups is 2. The van der Waals surface area contributed by atoms with Crippen LogP contribution in [0.5, 0.6) is 0 Å². The van der Waals surface area contributed by atoms with Crippen LogP contribution >= 0.6 is 0 Å². The van der Waals surface area contributed by atoms with Crippen molar-refractivity contribution in [3.8, 4) is 6.07 Å². The van der Waals surface area contributed by atoms with Crippen LogP contribution < -0.4 is 4.90 Å². The monoisotopic (exact) mass is 341 g/mol. The molecule has 1 aliphatic carbocycles. The van der Waals surface area contributed by atoms with Crippen molar-refractivity contribution in [2.45, 2.75) is 37.8 Å². The SMILES string of the molecule is N#Cc1ccc(N2CC3(CCN(C(=O)C4(F)CCC4)C3)CC2=O)cc1. The second-order valence-electron chi connectivity index (χ2n) is 7.61. The van der Waals surface area contributed by atoms with E-state index < -0.39 is 5.67 Å². The molecule has 4 rings (SSSR count). The highest BCUT2D eigenvalue weighted by atomic mass is 19.1. The average Bonchev–Trinajstić information content (AvgIpc) is 3.15. The van der Waals surface area contributed by atoms with E-state index in [1.165, 1.54) is 0 Å². The molecule has 0 aromatic heterocycles. The molecule has 2 aliphatic heterocycles. The Hall–Kier alpha value is -2.42. The van der Waals surface area contributed by atoms with Crippen LogP contribution in [-0.4, -0.2) is 42.0 Å². The van der Waals surface area contributed by atoms with E-state index in [2.05, 4.69) is 6.07 Å². The van der Waals surface area contributed by atoms with Gasteiger partial charge in [0, 0.05) is 37.2 Å². The number of anilines is 1. The summed E-state index contributed by atoms with van der Waals surface area (Å²) in [7, 11) is 0. The van der Waals surface area contributed by atoms with Crippen molar-refractivity contribution in [2.24, 2.45) is 5.41 Å². The molecule has 0 N–H and O–H groups in total. The van der Waals surface area contributed by atoms with E-state index in [9.17, 15) is 14.0 Å². The number of amides is 2. The molecule has 5 nitrogen and oxygen atoms in total. The second-order valence-corrected chi connectivity index (χ2v) is 7.61. The van der Waals surface area contributed by atoms with Gasteiger partial charge in [0.1, 0.15) is 0 Å². The van der Waals surface area contributed by atoms with Crippen molar-refractivity contribution in [2.75, 3.05) is 24.5 Å². The number of nitrogens with zero attached hydrogens (tertiary/aromatic N) is 3. The Bertz CT molecular complexity index is 766. The minimum absolute atomic E-state index is 0.0256. The van der Waals surface area contributed by atoms with Gasteiger partial charge in [-0.25, -0.2) is 4.39 Å². The molecule has 25 heavy (non-hydrogen) atoms. The zero-order chi connectivity index (χ0) is 17.7. The maximum atomic E-state index is 14.4. The number of rotatable bonds is 2. The average molecular weight is 341 g/mol. The van der Waals surface area contributed by atoms with Gasteiger partial charge in [0.2, 0.25) is 5.91 Å². The smallest absolute Gasteiger partial charge is 0.260 e. The van der Waals surface area contributed by atoms with E-state index in [4.69, 9.17) is 5.26 Å². The van der Waals surface area contributed by atoms with Crippen LogP contribution in [0.1, 0.15) is 37.7 Å². The Morgan fingerprint density at radius 1 is 1.16 bits per heavy atom. The third-order valence-electron chi connectivity index (χ3n) is 5.88. The zero-order valence-electron chi connectivity index (χ0n) is 14.0. The maximum absolute atomic E-state index is 14.4. The maximum Gasteiger partial charge on any atom is 0.260 e. The van der Waals surface area contributed by atoms with Crippen LogP contribution in [0.3, 0.4) is 0 Å². The summed E-state index contributed by atoms with van der Waals surface area (Å²) in [6, 6.07) is 9.01. The summed E-state index contributed by atoms with van der Waals surface area (Å²) in [5.74, 6) is -0.363. The molecule has 1 aromatic rings. The first-order valence-corrected chi connectivity index (χ1v) is 8.74. The summed E-state index contributed by atoms with van der Waals surface area (Å²) in [6.07, 6.45) is 2.53. The van der Waals surface area contributed by atoms with Crippen molar-refractivity contribution in [1.82, 2.24) is 4.90 Å². The highest BCUT2D eigenvalue weighted by Crippen LogP contribution is 2.44. The molecule has 1 atom stereocenters. The van der Waals surface area contributed by atoms with E-state index in [1.54, 1.807) is 34.1 Å². The fourth-order valence-electron chi connectivity index (χ4n) is 4.21. The first-order chi connectivity index (χ1) is 11.9. The Kier molecular flexibility index (Phi) is 3.57. The fraction of sp³-hybridized carbons (Fsp3) is 0.526. The van der Waals surface area contributed by atoms with Gasteiger partial charge < -0.3 is 9.80 Å². The van der Waals surface area contributed by atoms with Crippen molar-refractivity contribution < 1.29 is 14.0 Å². The second kappa shape index (κ2) is 5.55. The molecule has 3 fully saturated rings. The number of hydrogen-bond acceptors (Lipinski definition) is 3. The van der Waals surface area contributed by atoms with Crippen molar-refractivity contribution in [3.63, 3.8) is 0 Å². The molecule has 1 unspecified atom stereocenters. The molecule has 6 heteroatoms. The summed E-state index contributed by atoms with van der Waals surface area (Å²) >= 11 is 0. The van der Waals surface area contributed by atoms with Crippen LogP contribution in [0.4, 0.5) is 10.1 Å². The van der Waals surface area contributed by atoms with Gasteiger partial charge in [0.15, 0.2) is 5.67 Å². The fourth-order valence-corrected chi connectivity index (χ4v) is 4.21. The summed E-state index contributed by atoms with van der Waals surface area (Å²) < 4.78 is 14.4. The van der Waals surface area contributed by atoms with Gasteiger partial charge in [-0.2, -0.15) is 5.26 Å². The highest BCUT2D eigenvalue weighted by Gasteiger charge is 2.53. The molecule has 2 saturated heterocycles. The summed E-state index contributed by atoms with van der Waals surface area (Å²) in [4.78, 5) is 28.3. The van der Waals surface area contributed by atoms with Gasteiger partial charge in [0.05, 0.1) is 11.6 Å². The number of alkyl halides is 1. The molecule has 0 radical (unpaired) electrons. The summed E-state index contributed by atoms with van der Waals surface area (Å²) in [6.45, 7) is 1.52. The lowest BCUT2D eigenvalue weighted by Gasteiger charge is -2.36. The predicted molar refractivity (Wildman–Crippen MR) is 89.4 cm³/mol. The van der Waals surface area contributed by atoms with Crippen molar-refractivity contribution >= 4 is 17.5 Å². The highest BCUT2D eigenvalue weighted by molar-refractivity contribution is 5.96. The third kappa shape index (κ3) is 2.58. The minimum atomic E-state index is -1.67. The van der Waals surface area contributed by atoms with Gasteiger partial charge in [-0.15, -0.1) is 0 Å². The summed E-state index contributed by atoms with van der Waals surface area (Å²) in [5.41, 5.74) is -0.620. The number of nitriles is 1. The first-order valence-electron chi connectivity index (χ1n) is 8.74. The molecule has 1 spiro atoms. The lowest BCUT2D eigenvalue weighted by molar-refractivity contribution is -0.149. The first kappa shape index (κ1) is 16.1. The molecule has 2 amide bonds. The standard InChI is InChI=1S/C19H20FN3O2/c20-19(6-1-7-19)17(25)22-9-8-18(12-22)10-16(24)23(13-18)15-4-2-14(11-21)3-5-15/h2-5H,1,6-10,12-13H2. The quantitative estimate of drug-likeness (QED) is 0.830. The Labute approximate surface area is 146 Å². The number of carbonyl (C=O) groups excluding carboxylic acids is 2. The van der Waals surface area contributed by atoms with Gasteiger partial charge in [-0.1, -0.05) is 0 Å². The Morgan fingerprint density at radius 3 is 2.48 bits per heavy atom. The molecular formula is C19H20FN3O2. The van der Waals surface area contributed by atoms with E-state index in [0.29, 0.717) is 44.5 Å². The lowest BCUT2D eigenvalue weighted by Crippen LogP contribution is -2.50. The van der Waals surface area contributed by atoms with Crippen LogP contribution in [-0.2, 0) is 9.59 Å². The molecule has 3 aliphatic rings. The van der Waals surface area contributed by atoms with Crippen LogP contribution in [0, 0.1) is 16.7 Å². The van der Waals surface area contributed by atoms with E-state index in [1.807, 2.05) is 0 Å². The number of halogens is 1. The molecular weight excluding hydrogens is 321 g/mol. The Balaban J connectivity index is 1.48. The van der Waals surface area contributed by atoms with Crippen LogP contribution in [0.2, 0.25) is 0 Å². The minimum Gasteiger partial charge on any atom is -0.339 e. The van der Waals surface area contributed by atoms with Crippen molar-refractivity contribution in [1.29, 1.82) is 5.26 Å². The van der Waals surface area contributed by atoms with Gasteiger partial charge in [0.25, 0.3) is 5.91 Å². The van der Waals surface area contributed by atoms with E-state index >= 15 is 0 Å². The number of benzene rings is 1. The summed E-state index contributed by atoms with van der Waals surface area (Å²) in [5, 5.41) is 8.89. The Morgan fingerprint density at radius 2 is 1.88 bits per heavy atom. The number of likely N-dealkylation sites (tertiary alicyclic amines) is 1. The lowest BCUT2D eigenvalue weighted by atomic mass is 9.81. The van der Waals surface area contributed by atoms with E-state index in [-0.39, 0.29) is 17.2 Å². The van der Waals surface area contributed by atoms with Crippen molar-refractivity contribution in [3.05, 3.63) is 29.8 Å². The largest absolute Gasteiger partial charge is 0.339 e. The van der Waals surface area contributed by atoms with Crippen LogP contribution in [0.25, 0.3) is 0 Å². The third-order valence-corrected chi connectivity index (χ3v) is 5.88. The zero-order valence-corrected chi connectivity index (χ0v) is 14.0. The van der Waals surface area contributed by atoms with Gasteiger partial charge in [-0.05, 0) is 49.9 Å². The topological polar surface area (TPSA) is 64.4 Å². The van der Waals surface area contributed by atoms with E-state index in [0.717, 1.165) is 18.5 Å². The normalized spacial score (nSPS) is 27.4. The molecule has 1 saturated carbocycles. The van der Waals surface area contributed by atoms with Crippen LogP contribution in [0.15, 0.2) is 24.3 Å². The van der Waals surface area contributed by atoms with Gasteiger partial charge >= 0.3 is 0 Å². The number of hydrogen-bond donors (Lipinski definition) is 0. The molecule has 1 aromatic carbocycles. The molecule has 0 bridgehead atoms. The van der Waals surface area contributed by atoms with Gasteiger partial charge in [-0.3, -0.25) is 9.59 Å². The molecule has 2 heterocycles. The predicted octanol–water partition coefficient (Wildman–Crippen LogP) is 2.41. The molecule has 130 valence electrons.